The maximum atomic E-state index is 5.14. The van der Waals surface area contributed by atoms with Crippen LogP contribution in [-0.4, -0.2) is 33.4 Å². The monoisotopic (exact) mass is 261 g/mol. The van der Waals surface area contributed by atoms with Crippen molar-refractivity contribution in [3.63, 3.8) is 0 Å². The van der Waals surface area contributed by atoms with E-state index in [2.05, 4.69) is 34.7 Å². The van der Waals surface area contributed by atoms with Gasteiger partial charge in [-0.25, -0.2) is 4.68 Å². The molecule has 6 heteroatoms. The molecule has 6 nitrogen and oxygen atoms in total. The lowest BCUT2D eigenvalue weighted by molar-refractivity contribution is 0.414. The van der Waals surface area contributed by atoms with Gasteiger partial charge in [0, 0.05) is 6.04 Å². The third-order valence-electron chi connectivity index (χ3n) is 2.77. The molecule has 19 heavy (non-hydrogen) atoms. The molecule has 0 radical (unpaired) electrons. The molecule has 0 bridgehead atoms. The molecule has 1 aromatic carbocycles. The third-order valence-corrected chi connectivity index (χ3v) is 2.77. The molecule has 0 aliphatic rings. The van der Waals surface area contributed by atoms with Gasteiger partial charge in [0.15, 0.2) is 5.82 Å². The van der Waals surface area contributed by atoms with Gasteiger partial charge < -0.3 is 10.1 Å². The van der Waals surface area contributed by atoms with Crippen LogP contribution >= 0.6 is 0 Å². The molecule has 2 rings (SSSR count). The molecule has 2 aromatic rings. The Morgan fingerprint density at radius 3 is 2.63 bits per heavy atom. The lowest BCUT2D eigenvalue weighted by Gasteiger charge is -2.08. The lowest BCUT2D eigenvalue weighted by Crippen LogP contribution is -2.24. The summed E-state index contributed by atoms with van der Waals surface area (Å²) >= 11 is 0. The summed E-state index contributed by atoms with van der Waals surface area (Å²) in [6, 6.07) is 8.31. The first-order chi connectivity index (χ1) is 9.19. The number of hydrogen-bond donors (Lipinski definition) is 1. The van der Waals surface area contributed by atoms with Crippen molar-refractivity contribution in [1.29, 1.82) is 0 Å². The second-order valence-electron chi connectivity index (χ2n) is 4.64. The van der Waals surface area contributed by atoms with Crippen molar-refractivity contribution in [1.82, 2.24) is 25.5 Å². The molecule has 0 aliphatic heterocycles. The summed E-state index contributed by atoms with van der Waals surface area (Å²) in [5.41, 5.74) is 1.14. The number of ether oxygens (including phenoxy) is 1. The number of tetrazole rings is 1. The molecular weight excluding hydrogens is 242 g/mol. The second-order valence-corrected chi connectivity index (χ2v) is 4.64. The first kappa shape index (κ1) is 13.5. The summed E-state index contributed by atoms with van der Waals surface area (Å²) in [4.78, 5) is 0. The van der Waals surface area contributed by atoms with Crippen LogP contribution in [0.25, 0.3) is 0 Å². The zero-order valence-corrected chi connectivity index (χ0v) is 11.5. The summed E-state index contributed by atoms with van der Waals surface area (Å²) < 4.78 is 6.94. The van der Waals surface area contributed by atoms with E-state index in [-0.39, 0.29) is 0 Å². The van der Waals surface area contributed by atoms with Gasteiger partial charge in [-0.05, 0) is 28.1 Å². The van der Waals surface area contributed by atoms with Crippen molar-refractivity contribution in [2.45, 2.75) is 33.0 Å². The van der Waals surface area contributed by atoms with Gasteiger partial charge in [0.25, 0.3) is 0 Å². The first-order valence-corrected chi connectivity index (χ1v) is 6.30. The summed E-state index contributed by atoms with van der Waals surface area (Å²) in [6.07, 6.45) is 0. The van der Waals surface area contributed by atoms with E-state index >= 15 is 0 Å². The molecule has 1 heterocycles. The summed E-state index contributed by atoms with van der Waals surface area (Å²) in [6.45, 7) is 5.52. The molecule has 0 amide bonds. The zero-order chi connectivity index (χ0) is 13.7. The number of hydrogen-bond acceptors (Lipinski definition) is 5. The SMILES string of the molecule is COc1ccc(Cn2nnnc2CNC(C)C)cc1. The van der Waals surface area contributed by atoms with E-state index in [0.29, 0.717) is 19.1 Å². The van der Waals surface area contributed by atoms with Crippen LogP contribution in [-0.2, 0) is 13.1 Å². The fourth-order valence-corrected chi connectivity index (χ4v) is 1.67. The average Bonchev–Trinajstić information content (AvgIpc) is 2.84. The van der Waals surface area contributed by atoms with E-state index < -0.39 is 0 Å². The van der Waals surface area contributed by atoms with Gasteiger partial charge in [-0.15, -0.1) is 5.10 Å². The van der Waals surface area contributed by atoms with Crippen LogP contribution in [0.4, 0.5) is 0 Å². The Labute approximate surface area is 112 Å². The molecule has 0 saturated heterocycles. The van der Waals surface area contributed by atoms with E-state index in [1.54, 1.807) is 11.8 Å². The normalized spacial score (nSPS) is 10.9. The van der Waals surface area contributed by atoms with Gasteiger partial charge in [-0.2, -0.15) is 0 Å². The lowest BCUT2D eigenvalue weighted by atomic mass is 10.2. The standard InChI is InChI=1S/C13H19N5O/c1-10(2)14-8-13-15-16-17-18(13)9-11-4-6-12(19-3)7-5-11/h4-7,10,14H,8-9H2,1-3H3. The highest BCUT2D eigenvalue weighted by Gasteiger charge is 2.07. The highest BCUT2D eigenvalue weighted by molar-refractivity contribution is 5.27. The second kappa shape index (κ2) is 6.29. The maximum Gasteiger partial charge on any atom is 0.165 e. The Bertz CT molecular complexity index is 506. The molecule has 1 N–H and O–H groups in total. The van der Waals surface area contributed by atoms with Crippen LogP contribution in [0, 0.1) is 0 Å². The topological polar surface area (TPSA) is 64.9 Å². The van der Waals surface area contributed by atoms with E-state index in [0.717, 1.165) is 17.1 Å². The van der Waals surface area contributed by atoms with Crippen LogP contribution in [0.5, 0.6) is 5.75 Å². The predicted octanol–water partition coefficient (Wildman–Crippen LogP) is 1.23. The van der Waals surface area contributed by atoms with Crippen molar-refractivity contribution in [3.05, 3.63) is 35.7 Å². The fourth-order valence-electron chi connectivity index (χ4n) is 1.67. The Kier molecular flexibility index (Phi) is 4.46. The van der Waals surface area contributed by atoms with E-state index in [1.807, 2.05) is 24.3 Å². The largest absolute Gasteiger partial charge is 0.497 e. The first-order valence-electron chi connectivity index (χ1n) is 6.30. The average molecular weight is 261 g/mol. The van der Waals surface area contributed by atoms with Gasteiger partial charge in [-0.1, -0.05) is 26.0 Å². The Balaban J connectivity index is 2.03. The zero-order valence-electron chi connectivity index (χ0n) is 11.5. The molecule has 0 aliphatic carbocycles. The highest BCUT2D eigenvalue weighted by Crippen LogP contribution is 2.12. The van der Waals surface area contributed by atoms with Crippen LogP contribution in [0.1, 0.15) is 25.2 Å². The van der Waals surface area contributed by atoms with Crippen molar-refractivity contribution in [2.75, 3.05) is 7.11 Å². The minimum absolute atomic E-state index is 0.408. The Morgan fingerprint density at radius 1 is 1.26 bits per heavy atom. The Hall–Kier alpha value is -1.95. The van der Waals surface area contributed by atoms with Crippen molar-refractivity contribution < 1.29 is 4.74 Å². The quantitative estimate of drug-likeness (QED) is 0.847. The van der Waals surface area contributed by atoms with Crippen molar-refractivity contribution in [3.8, 4) is 5.75 Å². The van der Waals surface area contributed by atoms with Gasteiger partial charge in [-0.3, -0.25) is 0 Å². The third kappa shape index (κ3) is 3.75. The van der Waals surface area contributed by atoms with Gasteiger partial charge >= 0.3 is 0 Å². The number of aromatic nitrogens is 4. The van der Waals surface area contributed by atoms with Crippen LogP contribution in [0.2, 0.25) is 0 Å². The molecule has 0 spiro atoms. The molecule has 102 valence electrons. The molecule has 0 unspecified atom stereocenters. The molecule has 0 atom stereocenters. The number of nitrogens with zero attached hydrogens (tertiary/aromatic N) is 4. The van der Waals surface area contributed by atoms with Crippen LogP contribution in [0.3, 0.4) is 0 Å². The van der Waals surface area contributed by atoms with E-state index in [4.69, 9.17) is 4.74 Å². The number of benzene rings is 1. The summed E-state index contributed by atoms with van der Waals surface area (Å²) in [5, 5.41) is 15.1. The summed E-state index contributed by atoms with van der Waals surface area (Å²) in [7, 11) is 1.66. The number of methoxy groups -OCH3 is 1. The predicted molar refractivity (Wildman–Crippen MR) is 71.9 cm³/mol. The fraction of sp³-hybridized carbons (Fsp3) is 0.462. The Morgan fingerprint density at radius 2 is 2.00 bits per heavy atom. The van der Waals surface area contributed by atoms with E-state index in [9.17, 15) is 0 Å². The minimum Gasteiger partial charge on any atom is -0.497 e. The smallest absolute Gasteiger partial charge is 0.165 e. The van der Waals surface area contributed by atoms with Crippen molar-refractivity contribution >= 4 is 0 Å². The molecule has 0 saturated carbocycles. The van der Waals surface area contributed by atoms with Gasteiger partial charge in [0.1, 0.15) is 5.75 Å². The maximum absolute atomic E-state index is 5.14. The van der Waals surface area contributed by atoms with Crippen LogP contribution in [0.15, 0.2) is 24.3 Å². The molecule has 0 fully saturated rings. The number of rotatable bonds is 6. The van der Waals surface area contributed by atoms with Crippen molar-refractivity contribution in [2.24, 2.45) is 0 Å². The van der Waals surface area contributed by atoms with Crippen LogP contribution < -0.4 is 10.1 Å². The summed E-state index contributed by atoms with van der Waals surface area (Å²) in [5.74, 6) is 1.69. The molecule has 1 aromatic heterocycles. The van der Waals surface area contributed by atoms with E-state index in [1.165, 1.54) is 0 Å². The molecular formula is C13H19N5O. The van der Waals surface area contributed by atoms with Gasteiger partial charge in [0.2, 0.25) is 0 Å². The minimum atomic E-state index is 0.408. The van der Waals surface area contributed by atoms with Gasteiger partial charge in [0.05, 0.1) is 20.2 Å². The highest BCUT2D eigenvalue weighted by atomic mass is 16.5. The number of nitrogens with one attached hydrogen (secondary N) is 1.